The van der Waals surface area contributed by atoms with Gasteiger partial charge in [0.15, 0.2) is 0 Å². The van der Waals surface area contributed by atoms with Gasteiger partial charge in [0.1, 0.15) is 0 Å². The van der Waals surface area contributed by atoms with Crippen LogP contribution in [0.25, 0.3) is 0 Å². The molecule has 0 rings (SSSR count). The van der Waals surface area contributed by atoms with Gasteiger partial charge >= 0.3 is 164 Å². The Bertz CT molecular complexity index is 523. The number of hydrogen-bond donors (Lipinski definition) is 0. The van der Waals surface area contributed by atoms with Crippen molar-refractivity contribution in [1.82, 2.24) is 0 Å². The van der Waals surface area contributed by atoms with Crippen LogP contribution in [-0.2, 0) is 0 Å². The second kappa shape index (κ2) is 10.2. The van der Waals surface area contributed by atoms with Gasteiger partial charge in [-0.25, -0.2) is 0 Å². The van der Waals surface area contributed by atoms with Crippen LogP contribution in [0.2, 0.25) is 8.87 Å². The molecule has 0 nitrogen and oxygen atoms in total. The summed E-state index contributed by atoms with van der Waals surface area (Å²) < 4.78 is 152. The number of allylic oxidation sites excluding steroid dienone is 4. The van der Waals surface area contributed by atoms with Gasteiger partial charge in [0, 0.05) is 0 Å². The van der Waals surface area contributed by atoms with E-state index in [1.165, 1.54) is 13.8 Å². The average Bonchev–Trinajstić information content (AvgIpc) is 2.48. The van der Waals surface area contributed by atoms with Gasteiger partial charge in [0.2, 0.25) is 0 Å². The summed E-state index contributed by atoms with van der Waals surface area (Å²) in [5, 5.41) is 0. The monoisotopic (exact) mass is 560 g/mol. The second-order valence-electron chi connectivity index (χ2n) is 6.48. The van der Waals surface area contributed by atoms with Crippen molar-refractivity contribution < 1.29 is 52.7 Å². The van der Waals surface area contributed by atoms with Crippen molar-refractivity contribution in [2.24, 2.45) is 0 Å². The van der Waals surface area contributed by atoms with E-state index in [4.69, 9.17) is 0 Å². The Kier molecular flexibility index (Phi) is 9.97. The molecule has 13 heteroatoms. The molecule has 0 N–H and O–H groups in total. The molecule has 0 spiro atoms. The predicted molar refractivity (Wildman–Crippen MR) is 85.6 cm³/mol. The van der Waals surface area contributed by atoms with E-state index in [9.17, 15) is 52.7 Å². The topological polar surface area (TPSA) is 0 Å². The average molecular weight is 559 g/mol. The molecule has 0 unspecified atom stereocenters. The number of alkyl halides is 12. The van der Waals surface area contributed by atoms with E-state index in [0.717, 1.165) is 0 Å². The second-order valence-corrected chi connectivity index (χ2v) is 18.6. The van der Waals surface area contributed by atoms with E-state index in [1.807, 2.05) is 0 Å². The summed E-state index contributed by atoms with van der Waals surface area (Å²) in [5.41, 5.74) is 0. The third kappa shape index (κ3) is 9.41. The van der Waals surface area contributed by atoms with E-state index < -0.39 is 71.3 Å². The van der Waals surface area contributed by atoms with Crippen LogP contribution in [0.15, 0.2) is 19.3 Å². The Morgan fingerprint density at radius 2 is 0.862 bits per heavy atom. The van der Waals surface area contributed by atoms with Crippen molar-refractivity contribution in [3.8, 4) is 0 Å². The summed E-state index contributed by atoms with van der Waals surface area (Å²) in [6.45, 7) is 2.75. The zero-order valence-corrected chi connectivity index (χ0v) is 18.3. The summed E-state index contributed by atoms with van der Waals surface area (Å²) in [6.07, 6.45) is -26.2. The molecule has 0 heterocycles. The standard InChI is InChI=1S/2C4HF6.2C4H9.Sn/c2*5-3(6,7)1-2-4(8,9)10;2*1-3-4-2;/h2*1H;2*1,3-4H2,2H3;. The first kappa shape index (κ1) is 28.4. The maximum atomic E-state index is 13.6. The van der Waals surface area contributed by atoms with Crippen molar-refractivity contribution >= 4 is 18.4 Å². The van der Waals surface area contributed by atoms with Crippen molar-refractivity contribution in [3.63, 3.8) is 0 Å². The minimum atomic E-state index is -6.58. The Labute approximate surface area is 163 Å². The zero-order valence-electron chi connectivity index (χ0n) is 15.4. The molecule has 0 radical (unpaired) electrons. The SMILES string of the molecule is CCC[CH2][Sn]([CH2]CCC)([C](=CC(F)(F)F)C(F)(F)F)[C](=CC(F)(F)F)C(F)(F)F. The van der Waals surface area contributed by atoms with Gasteiger partial charge in [-0.1, -0.05) is 0 Å². The molecule has 29 heavy (non-hydrogen) atoms. The fourth-order valence-electron chi connectivity index (χ4n) is 3.08. The molecule has 0 saturated heterocycles. The van der Waals surface area contributed by atoms with Gasteiger partial charge in [0.25, 0.3) is 0 Å². The first-order valence-corrected chi connectivity index (χ1v) is 15.4. The van der Waals surface area contributed by atoms with Gasteiger partial charge in [-0.3, -0.25) is 0 Å². The fraction of sp³-hybridized carbons (Fsp3) is 0.750. The Balaban J connectivity index is 7.33. The van der Waals surface area contributed by atoms with Crippen LogP contribution in [-0.4, -0.2) is 43.1 Å². The third-order valence-corrected chi connectivity index (χ3v) is 19.4. The van der Waals surface area contributed by atoms with E-state index >= 15 is 0 Å². The quantitative estimate of drug-likeness (QED) is 0.208. The van der Waals surface area contributed by atoms with Crippen LogP contribution in [0.5, 0.6) is 0 Å². The van der Waals surface area contributed by atoms with Crippen molar-refractivity contribution in [2.75, 3.05) is 0 Å². The van der Waals surface area contributed by atoms with Crippen molar-refractivity contribution in [2.45, 2.75) is 73.1 Å². The molecule has 0 aliphatic heterocycles. The summed E-state index contributed by atoms with van der Waals surface area (Å²) in [5.74, 6) is 0. The molecule has 0 amide bonds. The van der Waals surface area contributed by atoms with Crippen molar-refractivity contribution in [1.29, 1.82) is 0 Å². The summed E-state index contributed by atoms with van der Waals surface area (Å²) in [6, 6.07) is 0. The van der Waals surface area contributed by atoms with Crippen LogP contribution in [0.4, 0.5) is 52.7 Å². The van der Waals surface area contributed by atoms with Gasteiger partial charge in [-0.2, -0.15) is 0 Å². The van der Waals surface area contributed by atoms with E-state index in [1.54, 1.807) is 0 Å². The van der Waals surface area contributed by atoms with Crippen LogP contribution in [0, 0.1) is 0 Å². The molecule has 0 atom stereocenters. The summed E-state index contributed by atoms with van der Waals surface area (Å²) >= 11 is -6.58. The molecule has 0 aliphatic rings. The van der Waals surface area contributed by atoms with Crippen LogP contribution >= 0.6 is 0 Å². The van der Waals surface area contributed by atoms with Gasteiger partial charge in [-0.15, -0.1) is 0 Å². The first-order chi connectivity index (χ1) is 12.8. The zero-order chi connectivity index (χ0) is 23.3. The van der Waals surface area contributed by atoms with Crippen LogP contribution in [0.1, 0.15) is 39.5 Å². The van der Waals surface area contributed by atoms with Crippen molar-refractivity contribution in [3.05, 3.63) is 19.3 Å². The summed E-state index contributed by atoms with van der Waals surface area (Å²) in [7, 11) is 0. The Morgan fingerprint density at radius 1 is 0.586 bits per heavy atom. The van der Waals surface area contributed by atoms with E-state index in [2.05, 4.69) is 0 Å². The number of hydrogen-bond acceptors (Lipinski definition) is 0. The molecule has 0 aliphatic carbocycles. The molecular formula is C16H20F12Sn. The van der Waals surface area contributed by atoms with Gasteiger partial charge in [-0.05, 0) is 0 Å². The van der Waals surface area contributed by atoms with Gasteiger partial charge < -0.3 is 0 Å². The normalized spacial score (nSPS) is 15.8. The molecule has 0 aromatic heterocycles. The van der Waals surface area contributed by atoms with Gasteiger partial charge in [0.05, 0.1) is 0 Å². The molecule has 0 fully saturated rings. The molecule has 0 aromatic rings. The molecule has 0 aromatic carbocycles. The molecule has 0 saturated carbocycles. The predicted octanol–water partition coefficient (Wildman–Crippen LogP) is 8.22. The molecular weight excluding hydrogens is 539 g/mol. The number of unbranched alkanes of at least 4 members (excludes halogenated alkanes) is 2. The molecule has 172 valence electrons. The fourth-order valence-corrected chi connectivity index (χ4v) is 18.8. The Morgan fingerprint density at radius 3 is 1.03 bits per heavy atom. The maximum absolute atomic E-state index is 13.6. The van der Waals surface area contributed by atoms with Crippen LogP contribution < -0.4 is 0 Å². The first-order valence-electron chi connectivity index (χ1n) is 8.54. The molecule has 0 bridgehead atoms. The summed E-state index contributed by atoms with van der Waals surface area (Å²) in [4.78, 5) is 0. The minimum absolute atomic E-state index is 0.0130. The Hall–Kier alpha value is -0.561. The van der Waals surface area contributed by atoms with E-state index in [0.29, 0.717) is 0 Å². The van der Waals surface area contributed by atoms with E-state index in [-0.39, 0.29) is 25.7 Å². The number of halogens is 12. The van der Waals surface area contributed by atoms with Crippen LogP contribution in [0.3, 0.4) is 0 Å². The third-order valence-electron chi connectivity index (χ3n) is 4.17. The number of rotatable bonds is 8.